The third-order valence-corrected chi connectivity index (χ3v) is 5.35. The van der Waals surface area contributed by atoms with E-state index in [0.29, 0.717) is 28.5 Å². The number of anilines is 1. The fraction of sp³-hybridized carbons (Fsp3) is 0.148. The van der Waals surface area contributed by atoms with Gasteiger partial charge in [0.25, 0.3) is 5.91 Å². The maximum atomic E-state index is 13.9. The van der Waals surface area contributed by atoms with E-state index in [4.69, 9.17) is 4.42 Å². The van der Waals surface area contributed by atoms with Crippen LogP contribution >= 0.6 is 0 Å². The SMILES string of the molecule is C[C@H](NC(=O)c1ccccc1NC(=O)CCc1ncc(-c2ccccc2F)o1)c1ccccc1. The molecule has 0 fully saturated rings. The van der Waals surface area contributed by atoms with Crippen LogP contribution in [-0.4, -0.2) is 16.8 Å². The number of para-hydroxylation sites is 1. The number of carbonyl (C=O) groups is 2. The van der Waals surface area contributed by atoms with Crippen molar-refractivity contribution in [1.82, 2.24) is 10.3 Å². The number of aromatic nitrogens is 1. The molecule has 0 aliphatic carbocycles. The van der Waals surface area contributed by atoms with E-state index >= 15 is 0 Å². The summed E-state index contributed by atoms with van der Waals surface area (Å²) in [7, 11) is 0. The third-order valence-electron chi connectivity index (χ3n) is 5.35. The van der Waals surface area contributed by atoms with Gasteiger partial charge in [-0.25, -0.2) is 9.37 Å². The van der Waals surface area contributed by atoms with Crippen molar-refractivity contribution in [1.29, 1.82) is 0 Å². The third kappa shape index (κ3) is 5.56. The number of nitrogens with zero attached hydrogens (tertiary/aromatic N) is 1. The molecule has 172 valence electrons. The van der Waals surface area contributed by atoms with Gasteiger partial charge in [0.05, 0.1) is 29.1 Å². The molecule has 0 spiro atoms. The van der Waals surface area contributed by atoms with Gasteiger partial charge in [0.1, 0.15) is 5.82 Å². The van der Waals surface area contributed by atoms with Crippen LogP contribution in [0.4, 0.5) is 10.1 Å². The van der Waals surface area contributed by atoms with Crippen molar-refractivity contribution in [2.75, 3.05) is 5.32 Å². The van der Waals surface area contributed by atoms with E-state index in [1.807, 2.05) is 37.3 Å². The smallest absolute Gasteiger partial charge is 0.253 e. The second-order valence-corrected chi connectivity index (χ2v) is 7.80. The number of benzene rings is 3. The summed E-state index contributed by atoms with van der Waals surface area (Å²) < 4.78 is 19.5. The van der Waals surface area contributed by atoms with Crippen molar-refractivity contribution in [2.45, 2.75) is 25.8 Å². The summed E-state index contributed by atoms with van der Waals surface area (Å²) >= 11 is 0. The molecule has 1 aromatic heterocycles. The number of aryl methyl sites for hydroxylation is 1. The van der Waals surface area contributed by atoms with E-state index in [1.54, 1.807) is 42.5 Å². The van der Waals surface area contributed by atoms with Crippen LogP contribution < -0.4 is 10.6 Å². The molecule has 4 rings (SSSR count). The van der Waals surface area contributed by atoms with Gasteiger partial charge in [-0.15, -0.1) is 0 Å². The number of hydrogen-bond donors (Lipinski definition) is 2. The van der Waals surface area contributed by atoms with Crippen LogP contribution in [0.25, 0.3) is 11.3 Å². The molecule has 7 heteroatoms. The Hall–Kier alpha value is -4.26. The highest BCUT2D eigenvalue weighted by molar-refractivity contribution is 6.03. The summed E-state index contributed by atoms with van der Waals surface area (Å²) in [5.41, 5.74) is 2.09. The van der Waals surface area contributed by atoms with Gasteiger partial charge in [-0.3, -0.25) is 9.59 Å². The molecule has 0 radical (unpaired) electrons. The van der Waals surface area contributed by atoms with Crippen LogP contribution in [0, 0.1) is 5.82 Å². The molecule has 2 amide bonds. The van der Waals surface area contributed by atoms with E-state index in [-0.39, 0.29) is 30.7 Å². The molecular formula is C27H24FN3O3. The second kappa shape index (κ2) is 10.6. The molecule has 1 atom stereocenters. The number of nitrogens with one attached hydrogen (secondary N) is 2. The minimum absolute atomic E-state index is 0.0909. The highest BCUT2D eigenvalue weighted by Gasteiger charge is 2.17. The van der Waals surface area contributed by atoms with E-state index in [9.17, 15) is 14.0 Å². The summed E-state index contributed by atoms with van der Waals surface area (Å²) in [6.07, 6.45) is 1.77. The molecule has 0 unspecified atom stereocenters. The van der Waals surface area contributed by atoms with Gasteiger partial charge >= 0.3 is 0 Å². The average Bonchev–Trinajstić information content (AvgIpc) is 3.32. The fourth-order valence-corrected chi connectivity index (χ4v) is 3.53. The van der Waals surface area contributed by atoms with Crippen LogP contribution in [0.15, 0.2) is 89.5 Å². The van der Waals surface area contributed by atoms with Gasteiger partial charge in [0, 0.05) is 12.8 Å². The van der Waals surface area contributed by atoms with Crippen molar-refractivity contribution < 1.29 is 18.4 Å². The van der Waals surface area contributed by atoms with Crippen molar-refractivity contribution >= 4 is 17.5 Å². The van der Waals surface area contributed by atoms with E-state index in [2.05, 4.69) is 15.6 Å². The zero-order chi connectivity index (χ0) is 23.9. The van der Waals surface area contributed by atoms with Gasteiger partial charge in [0.15, 0.2) is 11.7 Å². The van der Waals surface area contributed by atoms with Crippen LogP contribution in [0.2, 0.25) is 0 Å². The first kappa shape index (κ1) is 22.9. The van der Waals surface area contributed by atoms with E-state index in [0.717, 1.165) is 5.56 Å². The Morgan fingerprint density at radius 1 is 0.971 bits per heavy atom. The normalized spacial score (nSPS) is 11.6. The van der Waals surface area contributed by atoms with E-state index < -0.39 is 5.82 Å². The minimum Gasteiger partial charge on any atom is -0.441 e. The molecule has 3 aromatic carbocycles. The molecule has 0 saturated carbocycles. The van der Waals surface area contributed by atoms with Gasteiger partial charge in [-0.2, -0.15) is 0 Å². The lowest BCUT2D eigenvalue weighted by Crippen LogP contribution is -2.28. The lowest BCUT2D eigenvalue weighted by atomic mass is 10.1. The van der Waals surface area contributed by atoms with Gasteiger partial charge in [-0.05, 0) is 36.8 Å². The van der Waals surface area contributed by atoms with E-state index in [1.165, 1.54) is 12.3 Å². The Morgan fingerprint density at radius 3 is 2.47 bits per heavy atom. The molecule has 2 N–H and O–H groups in total. The number of rotatable bonds is 8. The molecule has 1 heterocycles. The molecule has 0 aliphatic rings. The molecule has 0 aliphatic heterocycles. The summed E-state index contributed by atoms with van der Waals surface area (Å²) in [5.74, 6) is -0.338. The second-order valence-electron chi connectivity index (χ2n) is 7.80. The highest BCUT2D eigenvalue weighted by atomic mass is 19.1. The Labute approximate surface area is 196 Å². The largest absolute Gasteiger partial charge is 0.441 e. The van der Waals surface area contributed by atoms with Crippen molar-refractivity contribution in [3.63, 3.8) is 0 Å². The molecule has 6 nitrogen and oxygen atoms in total. The zero-order valence-corrected chi connectivity index (χ0v) is 18.6. The van der Waals surface area contributed by atoms with Gasteiger partial charge in [0.2, 0.25) is 5.91 Å². The first-order chi connectivity index (χ1) is 16.5. The summed E-state index contributed by atoms with van der Waals surface area (Å²) in [4.78, 5) is 29.6. The number of hydrogen-bond acceptors (Lipinski definition) is 4. The average molecular weight is 458 g/mol. The van der Waals surface area contributed by atoms with Gasteiger partial charge < -0.3 is 15.1 Å². The highest BCUT2D eigenvalue weighted by Crippen LogP contribution is 2.24. The summed E-state index contributed by atoms with van der Waals surface area (Å²) in [6, 6.07) is 22.6. The number of halogens is 1. The Morgan fingerprint density at radius 2 is 1.68 bits per heavy atom. The van der Waals surface area contributed by atoms with Crippen LogP contribution in [0.1, 0.15) is 41.2 Å². The topological polar surface area (TPSA) is 84.2 Å². The Kier molecular flexibility index (Phi) is 7.13. The lowest BCUT2D eigenvalue weighted by Gasteiger charge is -2.16. The fourth-order valence-electron chi connectivity index (χ4n) is 3.53. The summed E-state index contributed by atoms with van der Waals surface area (Å²) in [5, 5.41) is 5.75. The lowest BCUT2D eigenvalue weighted by molar-refractivity contribution is -0.116. The van der Waals surface area contributed by atoms with Crippen molar-refractivity contribution in [3.05, 3.63) is 108 Å². The molecule has 0 bridgehead atoms. The first-order valence-corrected chi connectivity index (χ1v) is 11.0. The predicted octanol–water partition coefficient (Wildman–Crippen LogP) is 5.54. The van der Waals surface area contributed by atoms with Crippen molar-refractivity contribution in [2.24, 2.45) is 0 Å². The number of carbonyl (C=O) groups excluding carboxylic acids is 2. The van der Waals surface area contributed by atoms with Gasteiger partial charge in [-0.1, -0.05) is 54.6 Å². The van der Waals surface area contributed by atoms with Crippen molar-refractivity contribution in [3.8, 4) is 11.3 Å². The molecule has 0 saturated heterocycles. The minimum atomic E-state index is -0.403. The maximum Gasteiger partial charge on any atom is 0.253 e. The van der Waals surface area contributed by atoms with Crippen LogP contribution in [0.3, 0.4) is 0 Å². The molecule has 34 heavy (non-hydrogen) atoms. The molecular weight excluding hydrogens is 433 g/mol. The number of oxazole rings is 1. The Balaban J connectivity index is 1.37. The zero-order valence-electron chi connectivity index (χ0n) is 18.6. The maximum absolute atomic E-state index is 13.9. The standard InChI is InChI=1S/C27H24FN3O3/c1-18(19-9-3-2-4-10-19)30-27(33)21-12-6-8-14-23(21)31-25(32)15-16-26-29-17-24(34-26)20-11-5-7-13-22(20)28/h2-14,17-18H,15-16H2,1H3,(H,30,33)(H,31,32)/t18-/m0/s1. The quantitative estimate of drug-likeness (QED) is 0.364. The monoisotopic (exact) mass is 457 g/mol. The predicted molar refractivity (Wildman–Crippen MR) is 128 cm³/mol. The van der Waals surface area contributed by atoms with Crippen LogP contribution in [-0.2, 0) is 11.2 Å². The van der Waals surface area contributed by atoms with Crippen LogP contribution in [0.5, 0.6) is 0 Å². The first-order valence-electron chi connectivity index (χ1n) is 11.0. The molecule has 4 aromatic rings. The number of amides is 2. The Bertz CT molecular complexity index is 1290. The summed E-state index contributed by atoms with van der Waals surface area (Å²) in [6.45, 7) is 1.90.